The summed E-state index contributed by atoms with van der Waals surface area (Å²) < 4.78 is 5.24. The number of hydrogen-bond acceptors (Lipinski definition) is 7. The maximum atomic E-state index is 13.0. The summed E-state index contributed by atoms with van der Waals surface area (Å²) in [7, 11) is 5.49. The van der Waals surface area contributed by atoms with Gasteiger partial charge in [0.2, 0.25) is 5.91 Å². The third kappa shape index (κ3) is 4.79. The number of ether oxygens (including phenoxy) is 1. The first-order chi connectivity index (χ1) is 15.9. The highest BCUT2D eigenvalue weighted by molar-refractivity contribution is 6.04. The molecule has 0 bridgehead atoms. The molecule has 0 saturated carbocycles. The lowest BCUT2D eigenvalue weighted by Gasteiger charge is -2.39. The van der Waals surface area contributed by atoms with E-state index in [4.69, 9.17) is 9.72 Å². The number of anilines is 4. The van der Waals surface area contributed by atoms with Crippen molar-refractivity contribution in [1.29, 1.82) is 0 Å². The number of benzene rings is 1. The summed E-state index contributed by atoms with van der Waals surface area (Å²) in [6, 6.07) is 10.9. The van der Waals surface area contributed by atoms with Gasteiger partial charge in [0.05, 0.1) is 12.3 Å². The van der Waals surface area contributed by atoms with E-state index in [0.29, 0.717) is 24.5 Å². The van der Waals surface area contributed by atoms with Crippen LogP contribution in [0.15, 0.2) is 36.4 Å². The van der Waals surface area contributed by atoms with E-state index in [-0.39, 0.29) is 17.9 Å². The van der Waals surface area contributed by atoms with E-state index in [1.807, 2.05) is 53.1 Å². The predicted octanol–water partition coefficient (Wildman–Crippen LogP) is 2.03. The Morgan fingerprint density at radius 1 is 1.15 bits per heavy atom. The SMILES string of the molecule is COCCN1c2nc(Nc3cccc(C(=O)N4CCN(C)CC4)c3)ccc2N(C)C(=O)[C@H]1C. The lowest BCUT2D eigenvalue weighted by Crippen LogP contribution is -2.52. The van der Waals surface area contributed by atoms with Crippen LogP contribution in [0.3, 0.4) is 0 Å². The van der Waals surface area contributed by atoms with E-state index in [1.165, 1.54) is 0 Å². The van der Waals surface area contributed by atoms with E-state index in [1.54, 1.807) is 19.1 Å². The van der Waals surface area contributed by atoms with E-state index in [2.05, 4.69) is 17.3 Å². The third-order valence-electron chi connectivity index (χ3n) is 6.35. The smallest absolute Gasteiger partial charge is 0.254 e. The number of methoxy groups -OCH3 is 1. The van der Waals surface area contributed by atoms with Crippen molar-refractivity contribution in [1.82, 2.24) is 14.8 Å². The molecule has 9 heteroatoms. The molecule has 0 spiro atoms. The van der Waals surface area contributed by atoms with Crippen LogP contribution in [-0.2, 0) is 9.53 Å². The highest BCUT2D eigenvalue weighted by Gasteiger charge is 2.34. The van der Waals surface area contributed by atoms with Crippen LogP contribution in [0.25, 0.3) is 0 Å². The fraction of sp³-hybridized carbons (Fsp3) is 0.458. The molecule has 2 aliphatic rings. The van der Waals surface area contributed by atoms with Crippen molar-refractivity contribution >= 4 is 34.8 Å². The van der Waals surface area contributed by atoms with Crippen LogP contribution < -0.4 is 15.1 Å². The summed E-state index contributed by atoms with van der Waals surface area (Å²) in [5, 5.41) is 3.33. The summed E-state index contributed by atoms with van der Waals surface area (Å²) >= 11 is 0. The largest absolute Gasteiger partial charge is 0.383 e. The van der Waals surface area contributed by atoms with Gasteiger partial charge >= 0.3 is 0 Å². The maximum absolute atomic E-state index is 13.0. The summed E-state index contributed by atoms with van der Waals surface area (Å²) in [5.41, 5.74) is 2.21. The molecule has 1 aromatic heterocycles. The minimum atomic E-state index is -0.329. The number of hydrogen-bond donors (Lipinski definition) is 1. The number of pyridine rings is 1. The van der Waals surface area contributed by atoms with Crippen LogP contribution in [0.5, 0.6) is 0 Å². The molecule has 1 N–H and O–H groups in total. The quantitative estimate of drug-likeness (QED) is 0.718. The molecule has 1 aromatic carbocycles. The Labute approximate surface area is 194 Å². The molecule has 1 fully saturated rings. The molecule has 9 nitrogen and oxygen atoms in total. The van der Waals surface area contributed by atoms with E-state index < -0.39 is 0 Å². The second-order valence-corrected chi connectivity index (χ2v) is 8.60. The van der Waals surface area contributed by atoms with Crippen LogP contribution in [0.4, 0.5) is 23.0 Å². The van der Waals surface area contributed by atoms with Crippen molar-refractivity contribution in [2.24, 2.45) is 0 Å². The molecule has 4 rings (SSSR count). The Bertz CT molecular complexity index is 1020. The Kier molecular flexibility index (Phi) is 6.80. The molecular formula is C24H32N6O3. The lowest BCUT2D eigenvalue weighted by molar-refractivity contribution is -0.119. The molecule has 2 aromatic rings. The number of amides is 2. The Morgan fingerprint density at radius 2 is 1.91 bits per heavy atom. The highest BCUT2D eigenvalue weighted by atomic mass is 16.5. The van der Waals surface area contributed by atoms with E-state index in [0.717, 1.165) is 43.4 Å². The molecule has 2 aliphatic heterocycles. The van der Waals surface area contributed by atoms with Gasteiger partial charge in [-0.05, 0) is 44.3 Å². The molecule has 33 heavy (non-hydrogen) atoms. The summed E-state index contributed by atoms with van der Waals surface area (Å²) in [6.45, 7) is 6.19. The number of aromatic nitrogens is 1. The third-order valence-corrected chi connectivity index (χ3v) is 6.35. The van der Waals surface area contributed by atoms with Gasteiger partial charge in [0, 0.05) is 58.1 Å². The van der Waals surface area contributed by atoms with Crippen LogP contribution in [0, 0.1) is 0 Å². The zero-order valence-electron chi connectivity index (χ0n) is 19.7. The maximum Gasteiger partial charge on any atom is 0.254 e. The first kappa shape index (κ1) is 23.0. The number of carbonyl (C=O) groups excluding carboxylic acids is 2. The topological polar surface area (TPSA) is 81.2 Å². The van der Waals surface area contributed by atoms with Crippen LogP contribution >= 0.6 is 0 Å². The molecule has 0 radical (unpaired) electrons. The Morgan fingerprint density at radius 3 is 2.64 bits per heavy atom. The fourth-order valence-electron chi connectivity index (χ4n) is 4.26. The molecule has 2 amide bonds. The second-order valence-electron chi connectivity index (χ2n) is 8.60. The van der Waals surface area contributed by atoms with Crippen LogP contribution in [0.2, 0.25) is 0 Å². The van der Waals surface area contributed by atoms with Crippen molar-refractivity contribution in [3.8, 4) is 0 Å². The summed E-state index contributed by atoms with van der Waals surface area (Å²) in [5.74, 6) is 1.45. The van der Waals surface area contributed by atoms with Gasteiger partial charge in [-0.2, -0.15) is 0 Å². The van der Waals surface area contributed by atoms with E-state index in [9.17, 15) is 9.59 Å². The van der Waals surface area contributed by atoms with Gasteiger partial charge in [0.1, 0.15) is 11.9 Å². The van der Waals surface area contributed by atoms with Gasteiger partial charge in [-0.1, -0.05) is 6.07 Å². The molecule has 0 unspecified atom stereocenters. The van der Waals surface area contributed by atoms with Crippen molar-refractivity contribution in [2.45, 2.75) is 13.0 Å². The van der Waals surface area contributed by atoms with Gasteiger partial charge in [0.15, 0.2) is 5.82 Å². The predicted molar refractivity (Wildman–Crippen MR) is 129 cm³/mol. The average Bonchev–Trinajstić information content (AvgIpc) is 2.83. The van der Waals surface area contributed by atoms with Crippen molar-refractivity contribution in [3.05, 3.63) is 42.0 Å². The summed E-state index contributed by atoms with van der Waals surface area (Å²) in [6.07, 6.45) is 0. The first-order valence-electron chi connectivity index (χ1n) is 11.3. The number of piperazine rings is 1. The van der Waals surface area contributed by atoms with Gasteiger partial charge in [0.25, 0.3) is 5.91 Å². The van der Waals surface area contributed by atoms with Crippen molar-refractivity contribution in [3.63, 3.8) is 0 Å². The van der Waals surface area contributed by atoms with Gasteiger partial charge in [-0.15, -0.1) is 0 Å². The molecule has 0 aliphatic carbocycles. The van der Waals surface area contributed by atoms with Crippen LogP contribution in [0.1, 0.15) is 17.3 Å². The number of nitrogens with one attached hydrogen (secondary N) is 1. The minimum absolute atomic E-state index is 0.0243. The highest BCUT2D eigenvalue weighted by Crippen LogP contribution is 2.35. The lowest BCUT2D eigenvalue weighted by atomic mass is 10.1. The average molecular weight is 453 g/mol. The fourth-order valence-corrected chi connectivity index (χ4v) is 4.26. The minimum Gasteiger partial charge on any atom is -0.383 e. The standard InChI is InChI=1S/C24H32N6O3/c1-17-23(31)28(3)20-8-9-21(26-22(20)30(17)14-15-33-4)25-19-7-5-6-18(16-19)24(32)29-12-10-27(2)11-13-29/h5-9,16-17H,10-15H2,1-4H3,(H,25,26)/t17-/m1/s1. The monoisotopic (exact) mass is 452 g/mol. The van der Waals surface area contributed by atoms with Gasteiger partial charge < -0.3 is 29.7 Å². The number of carbonyl (C=O) groups is 2. The van der Waals surface area contributed by atoms with Crippen LogP contribution in [-0.4, -0.2) is 93.2 Å². The van der Waals surface area contributed by atoms with Crippen molar-refractivity contribution in [2.75, 3.05) is 75.7 Å². The molecule has 3 heterocycles. The number of likely N-dealkylation sites (N-methyl/N-ethyl adjacent to an activating group) is 2. The molecule has 1 saturated heterocycles. The summed E-state index contributed by atoms with van der Waals surface area (Å²) in [4.78, 5) is 38.2. The Balaban J connectivity index is 1.55. The normalized spacial score (nSPS) is 19.0. The number of rotatable bonds is 6. The van der Waals surface area contributed by atoms with Gasteiger partial charge in [-0.25, -0.2) is 4.98 Å². The van der Waals surface area contributed by atoms with Gasteiger partial charge in [-0.3, -0.25) is 9.59 Å². The molecule has 1 atom stereocenters. The zero-order chi connectivity index (χ0) is 23.5. The number of fused-ring (bicyclic) bond motifs is 1. The second kappa shape index (κ2) is 9.76. The number of nitrogens with zero attached hydrogens (tertiary/aromatic N) is 5. The first-order valence-corrected chi connectivity index (χ1v) is 11.3. The Hall–Kier alpha value is -3.17. The van der Waals surface area contributed by atoms with Crippen molar-refractivity contribution < 1.29 is 14.3 Å². The molecule has 176 valence electrons. The van der Waals surface area contributed by atoms with E-state index >= 15 is 0 Å². The molecular weight excluding hydrogens is 420 g/mol. The zero-order valence-corrected chi connectivity index (χ0v) is 19.7.